The molecule has 1 amide bonds. The first-order valence-electron chi connectivity index (χ1n) is 6.97. The molecule has 1 heterocycles. The highest BCUT2D eigenvalue weighted by Crippen LogP contribution is 2.29. The second kappa shape index (κ2) is 6.07. The SMILES string of the molecule is Cc1c(CNC(=O)C2CCCC(C(=O)O)C2)cnn1C. The Morgan fingerprint density at radius 2 is 2.15 bits per heavy atom. The third kappa shape index (κ3) is 3.18. The topological polar surface area (TPSA) is 84.2 Å². The number of nitrogens with zero attached hydrogens (tertiary/aromatic N) is 2. The fourth-order valence-corrected chi connectivity index (χ4v) is 2.70. The highest BCUT2D eigenvalue weighted by Gasteiger charge is 2.30. The van der Waals surface area contributed by atoms with Gasteiger partial charge in [-0.05, 0) is 26.2 Å². The second-order valence-corrected chi connectivity index (χ2v) is 5.50. The number of hydrogen-bond donors (Lipinski definition) is 2. The molecular formula is C14H21N3O3. The molecule has 1 fully saturated rings. The van der Waals surface area contributed by atoms with Crippen molar-refractivity contribution < 1.29 is 14.7 Å². The molecule has 110 valence electrons. The van der Waals surface area contributed by atoms with E-state index in [0.717, 1.165) is 24.1 Å². The highest BCUT2D eigenvalue weighted by atomic mass is 16.4. The van der Waals surface area contributed by atoms with E-state index in [1.807, 2.05) is 14.0 Å². The third-order valence-electron chi connectivity index (χ3n) is 4.18. The van der Waals surface area contributed by atoms with E-state index in [4.69, 9.17) is 5.11 Å². The zero-order valence-corrected chi connectivity index (χ0v) is 11.9. The summed E-state index contributed by atoms with van der Waals surface area (Å²) in [6.07, 6.45) is 4.47. The summed E-state index contributed by atoms with van der Waals surface area (Å²) in [5, 5.41) is 16.1. The minimum absolute atomic E-state index is 0.0424. The lowest BCUT2D eigenvalue weighted by Crippen LogP contribution is -2.35. The zero-order chi connectivity index (χ0) is 14.7. The molecule has 20 heavy (non-hydrogen) atoms. The average molecular weight is 279 g/mol. The molecule has 2 rings (SSSR count). The van der Waals surface area contributed by atoms with Gasteiger partial charge in [-0.1, -0.05) is 6.42 Å². The Bertz CT molecular complexity index is 510. The fraction of sp³-hybridized carbons (Fsp3) is 0.643. The number of carboxylic acids is 1. The molecule has 2 N–H and O–H groups in total. The second-order valence-electron chi connectivity index (χ2n) is 5.50. The van der Waals surface area contributed by atoms with Crippen LogP contribution in [0.3, 0.4) is 0 Å². The summed E-state index contributed by atoms with van der Waals surface area (Å²) in [5.74, 6) is -1.38. The number of carbonyl (C=O) groups is 2. The molecular weight excluding hydrogens is 258 g/mol. The number of amides is 1. The largest absolute Gasteiger partial charge is 0.481 e. The van der Waals surface area contributed by atoms with Crippen molar-refractivity contribution in [3.05, 3.63) is 17.5 Å². The molecule has 0 bridgehead atoms. The van der Waals surface area contributed by atoms with Crippen molar-refractivity contribution in [3.63, 3.8) is 0 Å². The molecule has 0 radical (unpaired) electrons. The summed E-state index contributed by atoms with van der Waals surface area (Å²) in [7, 11) is 1.86. The third-order valence-corrected chi connectivity index (χ3v) is 4.18. The summed E-state index contributed by atoms with van der Waals surface area (Å²) in [4.78, 5) is 23.1. The van der Waals surface area contributed by atoms with Gasteiger partial charge in [0.1, 0.15) is 0 Å². The maximum absolute atomic E-state index is 12.1. The Kier molecular flexibility index (Phi) is 4.42. The van der Waals surface area contributed by atoms with Crippen molar-refractivity contribution in [2.75, 3.05) is 0 Å². The van der Waals surface area contributed by atoms with E-state index < -0.39 is 5.97 Å². The van der Waals surface area contributed by atoms with Crippen LogP contribution in [0, 0.1) is 18.8 Å². The molecule has 0 spiro atoms. The van der Waals surface area contributed by atoms with Crippen LogP contribution < -0.4 is 5.32 Å². The van der Waals surface area contributed by atoms with E-state index in [2.05, 4.69) is 10.4 Å². The lowest BCUT2D eigenvalue weighted by atomic mass is 9.81. The highest BCUT2D eigenvalue weighted by molar-refractivity contribution is 5.80. The van der Waals surface area contributed by atoms with Gasteiger partial charge in [-0.15, -0.1) is 0 Å². The maximum Gasteiger partial charge on any atom is 0.306 e. The van der Waals surface area contributed by atoms with E-state index in [1.165, 1.54) is 0 Å². The van der Waals surface area contributed by atoms with Crippen LogP contribution >= 0.6 is 0 Å². The van der Waals surface area contributed by atoms with Gasteiger partial charge in [-0.3, -0.25) is 14.3 Å². The van der Waals surface area contributed by atoms with Gasteiger partial charge in [0, 0.05) is 30.8 Å². The predicted molar refractivity (Wildman–Crippen MR) is 72.9 cm³/mol. The summed E-state index contributed by atoms with van der Waals surface area (Å²) in [6.45, 7) is 2.41. The molecule has 1 aliphatic carbocycles. The van der Waals surface area contributed by atoms with Gasteiger partial charge in [-0.25, -0.2) is 0 Å². The molecule has 6 heteroatoms. The first-order valence-corrected chi connectivity index (χ1v) is 6.97. The van der Waals surface area contributed by atoms with E-state index in [9.17, 15) is 9.59 Å². The molecule has 0 aliphatic heterocycles. The number of carbonyl (C=O) groups excluding carboxylic acids is 1. The summed E-state index contributed by atoms with van der Waals surface area (Å²) in [5.41, 5.74) is 2.02. The first-order chi connectivity index (χ1) is 9.49. The summed E-state index contributed by atoms with van der Waals surface area (Å²) in [6, 6.07) is 0. The number of nitrogens with one attached hydrogen (secondary N) is 1. The minimum Gasteiger partial charge on any atom is -0.481 e. The number of hydrogen-bond acceptors (Lipinski definition) is 3. The van der Waals surface area contributed by atoms with E-state index >= 15 is 0 Å². The fourth-order valence-electron chi connectivity index (χ4n) is 2.70. The van der Waals surface area contributed by atoms with Crippen molar-refractivity contribution in [1.82, 2.24) is 15.1 Å². The first kappa shape index (κ1) is 14.6. The van der Waals surface area contributed by atoms with Gasteiger partial charge < -0.3 is 10.4 Å². The number of aryl methyl sites for hydroxylation is 1. The molecule has 1 aliphatic rings. The normalized spacial score (nSPS) is 22.5. The molecule has 1 aromatic heterocycles. The monoisotopic (exact) mass is 279 g/mol. The van der Waals surface area contributed by atoms with Crippen molar-refractivity contribution in [2.24, 2.45) is 18.9 Å². The Balaban J connectivity index is 1.88. The zero-order valence-electron chi connectivity index (χ0n) is 11.9. The molecule has 1 saturated carbocycles. The van der Waals surface area contributed by atoms with E-state index in [0.29, 0.717) is 19.4 Å². The summed E-state index contributed by atoms with van der Waals surface area (Å²) < 4.78 is 1.77. The Morgan fingerprint density at radius 3 is 2.75 bits per heavy atom. The van der Waals surface area contributed by atoms with Crippen molar-refractivity contribution in [3.8, 4) is 0 Å². The Hall–Kier alpha value is -1.85. The average Bonchev–Trinajstić information content (AvgIpc) is 2.76. The van der Waals surface area contributed by atoms with Crippen LogP contribution in [0.15, 0.2) is 6.20 Å². The Morgan fingerprint density at radius 1 is 1.45 bits per heavy atom. The standard InChI is InChI=1S/C14H21N3O3/c1-9-12(8-16-17(9)2)7-15-13(18)10-4-3-5-11(6-10)14(19)20/h8,10-11H,3-7H2,1-2H3,(H,15,18)(H,19,20). The molecule has 2 atom stereocenters. The van der Waals surface area contributed by atoms with Crippen molar-refractivity contribution in [1.29, 1.82) is 0 Å². The molecule has 0 aromatic carbocycles. The van der Waals surface area contributed by atoms with Crippen LogP contribution in [0.2, 0.25) is 0 Å². The van der Waals surface area contributed by atoms with Crippen LogP contribution in [-0.4, -0.2) is 26.8 Å². The minimum atomic E-state index is -0.786. The van der Waals surface area contributed by atoms with Crippen LogP contribution in [0.5, 0.6) is 0 Å². The van der Waals surface area contributed by atoms with Crippen LogP contribution in [0.25, 0.3) is 0 Å². The van der Waals surface area contributed by atoms with E-state index in [1.54, 1.807) is 10.9 Å². The van der Waals surface area contributed by atoms with Gasteiger partial charge in [0.2, 0.25) is 5.91 Å². The van der Waals surface area contributed by atoms with Crippen LogP contribution in [0.4, 0.5) is 0 Å². The van der Waals surface area contributed by atoms with Crippen molar-refractivity contribution in [2.45, 2.75) is 39.2 Å². The number of rotatable bonds is 4. The maximum atomic E-state index is 12.1. The number of carboxylic acid groups (broad SMARTS) is 1. The van der Waals surface area contributed by atoms with Gasteiger partial charge in [-0.2, -0.15) is 5.10 Å². The van der Waals surface area contributed by atoms with Gasteiger partial charge in [0.15, 0.2) is 0 Å². The lowest BCUT2D eigenvalue weighted by molar-refractivity contribution is -0.144. The number of aliphatic carboxylic acids is 1. The van der Waals surface area contributed by atoms with E-state index in [-0.39, 0.29) is 17.7 Å². The lowest BCUT2D eigenvalue weighted by Gasteiger charge is -2.25. The van der Waals surface area contributed by atoms with Crippen LogP contribution in [-0.2, 0) is 23.2 Å². The molecule has 6 nitrogen and oxygen atoms in total. The van der Waals surface area contributed by atoms with Gasteiger partial charge >= 0.3 is 5.97 Å². The molecule has 2 unspecified atom stereocenters. The van der Waals surface area contributed by atoms with Crippen molar-refractivity contribution >= 4 is 11.9 Å². The smallest absolute Gasteiger partial charge is 0.306 e. The van der Waals surface area contributed by atoms with Gasteiger partial charge in [0.25, 0.3) is 0 Å². The molecule has 1 aromatic rings. The van der Waals surface area contributed by atoms with Crippen LogP contribution in [0.1, 0.15) is 36.9 Å². The quantitative estimate of drug-likeness (QED) is 0.868. The molecule has 0 saturated heterocycles. The predicted octanol–water partition coefficient (Wildman–Crippen LogP) is 1.24. The number of aromatic nitrogens is 2. The summed E-state index contributed by atoms with van der Waals surface area (Å²) >= 11 is 0. The Labute approximate surface area is 118 Å². The van der Waals surface area contributed by atoms with Gasteiger partial charge in [0.05, 0.1) is 12.1 Å².